The van der Waals surface area contributed by atoms with Gasteiger partial charge in [0.15, 0.2) is 0 Å². The van der Waals surface area contributed by atoms with E-state index in [0.717, 1.165) is 0 Å². The lowest BCUT2D eigenvalue weighted by Crippen LogP contribution is -1.47. The quantitative estimate of drug-likeness (QED) is 0.460. The van der Waals surface area contributed by atoms with E-state index in [-0.39, 0.29) is 14.9 Å². The molecule has 0 heteroatoms. The lowest BCUT2D eigenvalue weighted by Gasteiger charge is -1.69. The van der Waals surface area contributed by atoms with Gasteiger partial charge in [-0.3, -0.25) is 0 Å². The minimum Gasteiger partial charge on any atom is -0.0776 e. The van der Waals surface area contributed by atoms with Crippen LogP contribution in [0.1, 0.15) is 62.8 Å². The molecule has 0 aromatic heterocycles. The summed E-state index contributed by atoms with van der Waals surface area (Å²) < 4.78 is 0. The lowest BCUT2D eigenvalue weighted by atomic mass is 10.4. The summed E-state index contributed by atoms with van der Waals surface area (Å²) in [6, 6.07) is 24.0. The molecule has 2 aromatic carbocycles. The van der Waals surface area contributed by atoms with Crippen molar-refractivity contribution in [2.75, 3.05) is 0 Å². The van der Waals surface area contributed by atoms with E-state index in [9.17, 15) is 0 Å². The van der Waals surface area contributed by atoms with Gasteiger partial charge in [0.25, 0.3) is 0 Å². The van der Waals surface area contributed by atoms with Gasteiger partial charge in [-0.05, 0) is 0 Å². The zero-order chi connectivity index (χ0) is 15.2. The van der Waals surface area contributed by atoms with Gasteiger partial charge in [-0.15, -0.1) is 0 Å². The van der Waals surface area contributed by atoms with Crippen LogP contribution in [0.4, 0.5) is 0 Å². The Kier molecular flexibility index (Phi) is 64.7. The molecule has 0 aliphatic heterocycles. The average molecular weight is 293 g/mol. The third-order valence-corrected chi connectivity index (χ3v) is 1.33. The Hall–Kier alpha value is -1.56. The molecule has 0 unspecified atom stereocenters. The van der Waals surface area contributed by atoms with Crippen molar-refractivity contribution < 1.29 is 0 Å². The molecule has 0 saturated heterocycles. The van der Waals surface area contributed by atoms with Crippen molar-refractivity contribution in [3.8, 4) is 0 Å². The first-order valence-electron chi connectivity index (χ1n) is 7.41. The molecule has 0 bridgehead atoms. The molecular formula is C21H40. The maximum Gasteiger partial charge on any atom is -0.0590 e. The maximum absolute atomic E-state index is 2.12. The second-order valence-electron chi connectivity index (χ2n) is 3.02. The number of benzene rings is 2. The summed E-state index contributed by atoms with van der Waals surface area (Å²) in [4.78, 5) is 0. The van der Waals surface area contributed by atoms with E-state index in [1.165, 1.54) is 6.42 Å². The summed E-state index contributed by atoms with van der Waals surface area (Å²) in [6.45, 7) is 12.2. The summed E-state index contributed by atoms with van der Waals surface area (Å²) in [7, 11) is 0. The predicted octanol–water partition coefficient (Wildman–Crippen LogP) is 8.11. The second kappa shape index (κ2) is 42.9. The van der Waals surface area contributed by atoms with Crippen molar-refractivity contribution in [3.63, 3.8) is 0 Å². The molecule has 0 aliphatic rings. The molecule has 0 atom stereocenters. The first-order valence-corrected chi connectivity index (χ1v) is 7.41. The minimum absolute atomic E-state index is 0. The first kappa shape index (κ1) is 31.7. The first-order chi connectivity index (χ1) is 9.41. The molecule has 0 N–H and O–H groups in total. The van der Waals surface area contributed by atoms with E-state index < -0.39 is 0 Å². The Morgan fingerprint density at radius 2 is 0.429 bits per heavy atom. The van der Waals surface area contributed by atoms with Gasteiger partial charge in [0, 0.05) is 0 Å². The highest BCUT2D eigenvalue weighted by molar-refractivity contribution is 4.99. The van der Waals surface area contributed by atoms with Gasteiger partial charge < -0.3 is 0 Å². The molecule has 0 aliphatic carbocycles. The summed E-state index contributed by atoms with van der Waals surface area (Å²) in [5.41, 5.74) is 0. The SMILES string of the molecule is C.C.CC.CC.CCC.c1ccccc1.c1ccccc1. The van der Waals surface area contributed by atoms with Crippen LogP contribution < -0.4 is 0 Å². The van der Waals surface area contributed by atoms with E-state index in [1.54, 1.807) is 0 Å². The topological polar surface area (TPSA) is 0 Å². The number of hydrogen-bond donors (Lipinski definition) is 0. The second-order valence-corrected chi connectivity index (χ2v) is 3.02. The summed E-state index contributed by atoms with van der Waals surface area (Å²) in [5.74, 6) is 0. The highest BCUT2D eigenvalue weighted by atomic mass is 13.7. The molecule has 0 nitrogen and oxygen atoms in total. The van der Waals surface area contributed by atoms with Crippen LogP contribution in [0.25, 0.3) is 0 Å². The molecule has 2 aromatic rings. The molecule has 0 fully saturated rings. The van der Waals surface area contributed by atoms with Crippen molar-refractivity contribution in [1.82, 2.24) is 0 Å². The number of rotatable bonds is 0. The smallest absolute Gasteiger partial charge is 0.0590 e. The van der Waals surface area contributed by atoms with Crippen molar-refractivity contribution in [2.24, 2.45) is 0 Å². The molecular weight excluding hydrogens is 252 g/mol. The molecule has 0 amide bonds. The zero-order valence-corrected chi connectivity index (χ0v) is 13.6. The standard InChI is InChI=1S/2C6H6.C3H8.2C2H6.2CH4/c2*1-2-4-6-5-3-1;1-3-2;2*1-2;;/h2*1-6H;3H2,1-2H3;2*1-2H3;2*1H4. The lowest BCUT2D eigenvalue weighted by molar-refractivity contribution is 1.09. The van der Waals surface area contributed by atoms with E-state index in [0.29, 0.717) is 0 Å². The average Bonchev–Trinajstić information content (AvgIpc) is 2.56. The van der Waals surface area contributed by atoms with Crippen molar-refractivity contribution >= 4 is 0 Å². The Labute approximate surface area is 136 Å². The highest BCUT2D eigenvalue weighted by Crippen LogP contribution is 1.80. The fourth-order valence-electron chi connectivity index (χ4n) is 0.770. The Morgan fingerprint density at radius 1 is 0.381 bits per heavy atom. The fourth-order valence-corrected chi connectivity index (χ4v) is 0.770. The van der Waals surface area contributed by atoms with Crippen LogP contribution in [-0.2, 0) is 0 Å². The molecule has 0 spiro atoms. The molecule has 0 heterocycles. The summed E-state index contributed by atoms with van der Waals surface area (Å²) in [6.07, 6.45) is 1.25. The van der Waals surface area contributed by atoms with Crippen LogP contribution in [-0.4, -0.2) is 0 Å². The summed E-state index contributed by atoms with van der Waals surface area (Å²) >= 11 is 0. The Bertz CT molecular complexity index is 188. The molecule has 0 radical (unpaired) electrons. The van der Waals surface area contributed by atoms with Crippen LogP contribution >= 0.6 is 0 Å². The third kappa shape index (κ3) is 45.7. The number of hydrogen-bond acceptors (Lipinski definition) is 0. The van der Waals surface area contributed by atoms with Crippen LogP contribution in [0.2, 0.25) is 0 Å². The van der Waals surface area contributed by atoms with Crippen LogP contribution in [0.3, 0.4) is 0 Å². The monoisotopic (exact) mass is 292 g/mol. The van der Waals surface area contributed by atoms with Gasteiger partial charge >= 0.3 is 0 Å². The minimum atomic E-state index is 0. The Morgan fingerprint density at radius 3 is 0.476 bits per heavy atom. The highest BCUT2D eigenvalue weighted by Gasteiger charge is 1.58. The van der Waals surface area contributed by atoms with Crippen LogP contribution in [0, 0.1) is 0 Å². The van der Waals surface area contributed by atoms with Gasteiger partial charge in [-0.25, -0.2) is 0 Å². The summed E-state index contributed by atoms with van der Waals surface area (Å²) in [5, 5.41) is 0. The zero-order valence-electron chi connectivity index (χ0n) is 13.6. The van der Waals surface area contributed by atoms with Gasteiger partial charge in [-0.2, -0.15) is 0 Å². The van der Waals surface area contributed by atoms with Crippen LogP contribution in [0.15, 0.2) is 72.8 Å². The van der Waals surface area contributed by atoms with Gasteiger partial charge in [-0.1, -0.05) is 136 Å². The largest absolute Gasteiger partial charge is 0.0776 e. The van der Waals surface area contributed by atoms with Crippen molar-refractivity contribution in [3.05, 3.63) is 72.8 Å². The van der Waals surface area contributed by atoms with Crippen LogP contribution in [0.5, 0.6) is 0 Å². The van der Waals surface area contributed by atoms with Crippen molar-refractivity contribution in [2.45, 2.75) is 62.8 Å². The van der Waals surface area contributed by atoms with Gasteiger partial charge in [0.2, 0.25) is 0 Å². The molecule has 0 saturated carbocycles. The van der Waals surface area contributed by atoms with Gasteiger partial charge in [0.1, 0.15) is 0 Å². The van der Waals surface area contributed by atoms with E-state index >= 15 is 0 Å². The van der Waals surface area contributed by atoms with Crippen molar-refractivity contribution in [1.29, 1.82) is 0 Å². The van der Waals surface area contributed by atoms with Gasteiger partial charge in [0.05, 0.1) is 0 Å². The fraction of sp³-hybridized carbons (Fsp3) is 0.429. The van der Waals surface area contributed by atoms with E-state index in [1.807, 2.05) is 100 Å². The molecule has 2 rings (SSSR count). The normalized spacial score (nSPS) is 6.00. The third-order valence-electron chi connectivity index (χ3n) is 1.33. The predicted molar refractivity (Wildman–Crippen MR) is 105 cm³/mol. The molecule has 124 valence electrons. The maximum atomic E-state index is 2.12. The Balaban J connectivity index is -0.0000000542. The van der Waals surface area contributed by atoms with E-state index in [4.69, 9.17) is 0 Å². The molecule has 21 heavy (non-hydrogen) atoms. The van der Waals surface area contributed by atoms with E-state index in [2.05, 4.69) is 13.8 Å².